The number of likely N-dealkylation sites (tertiary alicyclic amines) is 1. The molecule has 42 heavy (non-hydrogen) atoms. The van der Waals surface area contributed by atoms with Crippen LogP contribution < -0.4 is 16.4 Å². The summed E-state index contributed by atoms with van der Waals surface area (Å²) in [5, 5.41) is 15.0. The maximum absolute atomic E-state index is 13.8. The minimum atomic E-state index is -1.08. The highest BCUT2D eigenvalue weighted by molar-refractivity contribution is 5.91. The van der Waals surface area contributed by atoms with Gasteiger partial charge in [0.25, 0.3) is 0 Å². The van der Waals surface area contributed by atoms with Crippen LogP contribution in [0.25, 0.3) is 0 Å². The Labute approximate surface area is 256 Å². The molecule has 2 aromatic rings. The Bertz CT molecular complexity index is 1190. The fraction of sp³-hybridized carbons (Fsp3) is 0.545. The van der Waals surface area contributed by atoms with Crippen molar-refractivity contribution in [2.45, 2.75) is 88.1 Å². The predicted octanol–water partition coefficient (Wildman–Crippen LogP) is 3.59. The highest BCUT2D eigenvalue weighted by atomic mass is 35.5. The Morgan fingerprint density at radius 1 is 1.02 bits per heavy atom. The lowest BCUT2D eigenvalue weighted by Crippen LogP contribution is -2.57. The largest absolute Gasteiger partial charge is 0.396 e. The third-order valence-corrected chi connectivity index (χ3v) is 8.72. The number of nitrogens with two attached hydrogens (primary N) is 1. The lowest BCUT2D eigenvalue weighted by Gasteiger charge is -2.41. The number of rotatable bonds is 12. The van der Waals surface area contributed by atoms with E-state index in [9.17, 15) is 14.4 Å². The van der Waals surface area contributed by atoms with Crippen molar-refractivity contribution in [1.82, 2.24) is 15.5 Å². The number of aryl methyl sites for hydroxylation is 1. The van der Waals surface area contributed by atoms with Gasteiger partial charge in [-0.1, -0.05) is 54.6 Å². The Morgan fingerprint density at radius 2 is 1.69 bits per heavy atom. The van der Waals surface area contributed by atoms with Gasteiger partial charge in [-0.15, -0.1) is 12.4 Å². The molecule has 1 saturated heterocycles. The number of carbonyl (C=O) groups is 3. The van der Waals surface area contributed by atoms with E-state index in [1.165, 1.54) is 11.1 Å². The maximum atomic E-state index is 13.8. The highest BCUT2D eigenvalue weighted by Gasteiger charge is 2.48. The van der Waals surface area contributed by atoms with Gasteiger partial charge in [-0.3, -0.25) is 14.4 Å². The van der Waals surface area contributed by atoms with Crippen molar-refractivity contribution in [3.05, 3.63) is 71.3 Å². The van der Waals surface area contributed by atoms with Crippen LogP contribution in [0.1, 0.15) is 81.4 Å². The van der Waals surface area contributed by atoms with Crippen LogP contribution in [0.4, 0.5) is 0 Å². The van der Waals surface area contributed by atoms with Gasteiger partial charge in [-0.2, -0.15) is 0 Å². The molecule has 5 N–H and O–H groups in total. The van der Waals surface area contributed by atoms with Crippen molar-refractivity contribution in [2.75, 3.05) is 26.2 Å². The summed E-state index contributed by atoms with van der Waals surface area (Å²) in [7, 11) is 0. The Balaban J connectivity index is 0.00000484. The summed E-state index contributed by atoms with van der Waals surface area (Å²) in [5.41, 5.74) is 8.34. The number of aliphatic hydroxyl groups is 1. The molecule has 0 bridgehead atoms. The number of aliphatic hydroxyl groups excluding tert-OH is 1. The fourth-order valence-electron chi connectivity index (χ4n) is 6.31. The van der Waals surface area contributed by atoms with Crippen LogP contribution in [0.15, 0.2) is 54.6 Å². The Kier molecular flexibility index (Phi) is 12.0. The van der Waals surface area contributed by atoms with Crippen molar-refractivity contribution < 1.29 is 19.5 Å². The number of amides is 3. The maximum Gasteiger partial charge on any atom is 0.245 e. The molecule has 1 aliphatic heterocycles. The molecular formula is C33H47ClN4O4. The summed E-state index contributed by atoms with van der Waals surface area (Å²) in [6, 6.07) is 17.7. The second kappa shape index (κ2) is 15.0. The van der Waals surface area contributed by atoms with E-state index in [-0.39, 0.29) is 48.1 Å². The first-order valence-electron chi connectivity index (χ1n) is 15.1. The van der Waals surface area contributed by atoms with E-state index >= 15 is 0 Å². The van der Waals surface area contributed by atoms with E-state index in [4.69, 9.17) is 10.8 Å². The minimum Gasteiger partial charge on any atom is -0.396 e. The van der Waals surface area contributed by atoms with Crippen molar-refractivity contribution in [3.63, 3.8) is 0 Å². The van der Waals surface area contributed by atoms with E-state index in [2.05, 4.69) is 34.9 Å². The van der Waals surface area contributed by atoms with Gasteiger partial charge < -0.3 is 26.4 Å². The first-order chi connectivity index (χ1) is 19.6. The standard InChI is InChI=1S/C33H46N4O4.ClH/c1-32(2,34)31(41)36-28(16-10-13-24-11-4-3-5-12-24)30(40)37-20-17-33(18-21-37)23-26(25-14-6-7-15-27(25)33)29(39)35-19-8-9-22-38;/h3-7,11-12,14-15,26,28,38H,8-10,13,16-23,34H2,1-2H3,(H,35,39)(H,36,41);1H/t26-,28+;/m0./s1. The molecule has 230 valence electrons. The summed E-state index contributed by atoms with van der Waals surface area (Å²) >= 11 is 0. The van der Waals surface area contributed by atoms with Gasteiger partial charge in [0.05, 0.1) is 11.5 Å². The zero-order chi connectivity index (χ0) is 29.5. The van der Waals surface area contributed by atoms with Crippen LogP contribution in [0.5, 0.6) is 0 Å². The quantitative estimate of drug-likeness (QED) is 0.278. The SMILES string of the molecule is CC(C)(N)C(=O)N[C@H](CCCc1ccccc1)C(=O)N1CCC2(CC1)C[C@H](C(=O)NCCCCO)c1ccccc12.Cl. The number of halogens is 1. The molecule has 4 rings (SSSR count). The molecule has 1 spiro atoms. The zero-order valence-electron chi connectivity index (χ0n) is 24.9. The van der Waals surface area contributed by atoms with Gasteiger partial charge in [0, 0.05) is 31.7 Å². The van der Waals surface area contributed by atoms with Gasteiger partial charge in [0.15, 0.2) is 0 Å². The van der Waals surface area contributed by atoms with Gasteiger partial charge in [0.2, 0.25) is 17.7 Å². The Hall–Kier alpha value is -2.94. The van der Waals surface area contributed by atoms with E-state index < -0.39 is 11.6 Å². The second-order valence-electron chi connectivity index (χ2n) is 12.3. The molecule has 1 aliphatic carbocycles. The summed E-state index contributed by atoms with van der Waals surface area (Å²) in [4.78, 5) is 41.6. The molecule has 2 aromatic carbocycles. The molecule has 9 heteroatoms. The summed E-state index contributed by atoms with van der Waals surface area (Å²) in [5.74, 6) is -0.563. The van der Waals surface area contributed by atoms with Gasteiger partial charge in [0.1, 0.15) is 6.04 Å². The van der Waals surface area contributed by atoms with Gasteiger partial charge >= 0.3 is 0 Å². The molecule has 8 nitrogen and oxygen atoms in total. The number of benzene rings is 2. The fourth-order valence-corrected chi connectivity index (χ4v) is 6.31. The van der Waals surface area contributed by atoms with Crippen LogP contribution in [0.3, 0.4) is 0 Å². The van der Waals surface area contributed by atoms with Gasteiger partial charge in [-0.05, 0) is 81.9 Å². The molecule has 1 heterocycles. The molecule has 0 radical (unpaired) electrons. The number of fused-ring (bicyclic) bond motifs is 2. The van der Waals surface area contributed by atoms with Crippen molar-refractivity contribution >= 4 is 30.1 Å². The van der Waals surface area contributed by atoms with Crippen LogP contribution in [-0.4, -0.2) is 65.5 Å². The molecule has 3 amide bonds. The monoisotopic (exact) mass is 598 g/mol. The Morgan fingerprint density at radius 3 is 2.36 bits per heavy atom. The highest BCUT2D eigenvalue weighted by Crippen LogP contribution is 2.51. The van der Waals surface area contributed by atoms with E-state index in [1.807, 2.05) is 35.2 Å². The minimum absolute atomic E-state index is 0. The summed E-state index contributed by atoms with van der Waals surface area (Å²) in [6.07, 6.45) is 5.85. The number of nitrogens with one attached hydrogen (secondary N) is 2. The van der Waals surface area contributed by atoms with Crippen LogP contribution in [0.2, 0.25) is 0 Å². The summed E-state index contributed by atoms with van der Waals surface area (Å²) < 4.78 is 0. The topological polar surface area (TPSA) is 125 Å². The summed E-state index contributed by atoms with van der Waals surface area (Å²) in [6.45, 7) is 5.14. The van der Waals surface area contributed by atoms with E-state index in [1.54, 1.807) is 13.8 Å². The molecule has 1 fully saturated rings. The molecule has 0 saturated carbocycles. The third-order valence-electron chi connectivity index (χ3n) is 8.72. The zero-order valence-corrected chi connectivity index (χ0v) is 25.8. The first-order valence-corrected chi connectivity index (χ1v) is 15.1. The van der Waals surface area contributed by atoms with E-state index in [0.717, 1.165) is 44.1 Å². The number of nitrogens with zero attached hydrogens (tertiary/aromatic N) is 1. The first kappa shape index (κ1) is 33.6. The third kappa shape index (κ3) is 8.12. The average molecular weight is 599 g/mol. The molecule has 0 unspecified atom stereocenters. The van der Waals surface area contributed by atoms with Gasteiger partial charge in [-0.25, -0.2) is 0 Å². The van der Waals surface area contributed by atoms with Crippen LogP contribution in [0, 0.1) is 0 Å². The molecule has 2 aliphatic rings. The second-order valence-corrected chi connectivity index (χ2v) is 12.3. The average Bonchev–Trinajstić information content (AvgIpc) is 3.28. The van der Waals surface area contributed by atoms with Crippen molar-refractivity contribution in [1.29, 1.82) is 0 Å². The lowest BCUT2D eigenvalue weighted by atomic mass is 9.73. The molecular weight excluding hydrogens is 552 g/mol. The van der Waals surface area contributed by atoms with Crippen molar-refractivity contribution in [2.24, 2.45) is 5.73 Å². The number of unbranched alkanes of at least 4 members (excludes halogenated alkanes) is 1. The number of piperidine rings is 1. The normalized spacial score (nSPS) is 18.1. The van der Waals surface area contributed by atoms with E-state index in [0.29, 0.717) is 32.5 Å². The predicted molar refractivity (Wildman–Crippen MR) is 167 cm³/mol. The van der Waals surface area contributed by atoms with Crippen molar-refractivity contribution in [3.8, 4) is 0 Å². The van der Waals surface area contributed by atoms with Crippen LogP contribution >= 0.6 is 12.4 Å². The number of hydrogen-bond acceptors (Lipinski definition) is 5. The smallest absolute Gasteiger partial charge is 0.245 e. The lowest BCUT2D eigenvalue weighted by molar-refractivity contribution is -0.139. The molecule has 2 atom stereocenters. The number of carbonyl (C=O) groups excluding carboxylic acids is 3. The van der Waals surface area contributed by atoms with Crippen LogP contribution in [-0.2, 0) is 26.2 Å². The number of hydrogen-bond donors (Lipinski definition) is 4. The molecule has 0 aromatic heterocycles.